The van der Waals surface area contributed by atoms with E-state index in [0.717, 1.165) is 37.5 Å². The Morgan fingerprint density at radius 1 is 1.22 bits per heavy atom. The topological polar surface area (TPSA) is 71.1 Å². The van der Waals surface area contributed by atoms with Crippen LogP contribution in [0, 0.1) is 0 Å². The average Bonchev–Trinajstić information content (AvgIpc) is 3.17. The van der Waals surface area contributed by atoms with Crippen LogP contribution in [-0.4, -0.2) is 40.1 Å². The molecule has 2 aromatic heterocycles. The molecular weight excluding hydrogens is 340 g/mol. The molecule has 1 aromatic carbocycles. The summed E-state index contributed by atoms with van der Waals surface area (Å²) < 4.78 is 5.31. The second-order valence-electron chi connectivity index (χ2n) is 6.81. The summed E-state index contributed by atoms with van der Waals surface area (Å²) in [5, 5.41) is 0. The summed E-state index contributed by atoms with van der Waals surface area (Å²) in [6, 6.07) is 15.4. The first kappa shape index (κ1) is 17.4. The second kappa shape index (κ2) is 7.72. The van der Waals surface area contributed by atoms with Crippen LogP contribution in [0.15, 0.2) is 59.5 Å². The number of aromatic nitrogens is 3. The molecule has 27 heavy (non-hydrogen) atoms. The van der Waals surface area contributed by atoms with Crippen LogP contribution in [0.5, 0.6) is 5.75 Å². The highest BCUT2D eigenvalue weighted by Crippen LogP contribution is 2.27. The predicted octanol–water partition coefficient (Wildman–Crippen LogP) is 2.83. The summed E-state index contributed by atoms with van der Waals surface area (Å²) in [6.45, 7) is 2.73. The molecule has 1 aliphatic heterocycles. The molecular formula is C21H22N4O2. The number of rotatable bonds is 5. The van der Waals surface area contributed by atoms with Crippen molar-refractivity contribution in [3.8, 4) is 17.3 Å². The molecule has 6 nitrogen and oxygen atoms in total. The van der Waals surface area contributed by atoms with Crippen molar-refractivity contribution in [2.45, 2.75) is 18.9 Å². The van der Waals surface area contributed by atoms with Gasteiger partial charge in [0.05, 0.1) is 12.8 Å². The summed E-state index contributed by atoms with van der Waals surface area (Å²) >= 11 is 0. The summed E-state index contributed by atoms with van der Waals surface area (Å²) in [5.74, 6) is 1.66. The molecule has 0 radical (unpaired) electrons. The smallest absolute Gasteiger partial charge is 0.251 e. The van der Waals surface area contributed by atoms with Gasteiger partial charge in [-0.2, -0.15) is 0 Å². The third kappa shape index (κ3) is 4.06. The zero-order valence-electron chi connectivity index (χ0n) is 15.3. The van der Waals surface area contributed by atoms with Gasteiger partial charge in [0.25, 0.3) is 5.56 Å². The van der Waals surface area contributed by atoms with Gasteiger partial charge in [-0.25, -0.2) is 4.98 Å². The van der Waals surface area contributed by atoms with Crippen LogP contribution < -0.4 is 10.3 Å². The van der Waals surface area contributed by atoms with Crippen LogP contribution in [0.2, 0.25) is 0 Å². The number of ether oxygens (including phenoxy) is 1. The van der Waals surface area contributed by atoms with Crippen molar-refractivity contribution in [1.82, 2.24) is 19.9 Å². The Kier molecular flexibility index (Phi) is 4.98. The summed E-state index contributed by atoms with van der Waals surface area (Å²) in [4.78, 5) is 26.3. The van der Waals surface area contributed by atoms with Gasteiger partial charge in [0.15, 0.2) is 5.82 Å². The lowest BCUT2D eigenvalue weighted by molar-refractivity contribution is 0.325. The minimum atomic E-state index is -0.133. The van der Waals surface area contributed by atoms with Crippen molar-refractivity contribution in [3.05, 3.63) is 76.3 Å². The van der Waals surface area contributed by atoms with Crippen molar-refractivity contribution in [2.24, 2.45) is 0 Å². The normalized spacial score (nSPS) is 17.1. The lowest BCUT2D eigenvalue weighted by Crippen LogP contribution is -2.20. The van der Waals surface area contributed by atoms with Gasteiger partial charge >= 0.3 is 0 Å². The van der Waals surface area contributed by atoms with E-state index >= 15 is 0 Å². The first-order chi connectivity index (χ1) is 13.2. The fourth-order valence-corrected chi connectivity index (χ4v) is 3.56. The molecule has 0 bridgehead atoms. The number of likely N-dealkylation sites (tertiary alicyclic amines) is 1. The van der Waals surface area contributed by atoms with Gasteiger partial charge in [-0.05, 0) is 42.8 Å². The first-order valence-corrected chi connectivity index (χ1v) is 9.09. The van der Waals surface area contributed by atoms with E-state index in [4.69, 9.17) is 4.74 Å². The number of H-pyrrole nitrogens is 1. The van der Waals surface area contributed by atoms with E-state index in [2.05, 4.69) is 32.0 Å². The minimum absolute atomic E-state index is 0.133. The Labute approximate surface area is 157 Å². The Hall–Kier alpha value is -2.99. The average molecular weight is 362 g/mol. The van der Waals surface area contributed by atoms with E-state index in [1.54, 1.807) is 19.4 Å². The number of aromatic amines is 1. The van der Waals surface area contributed by atoms with Gasteiger partial charge in [-0.15, -0.1) is 0 Å². The molecule has 3 aromatic rings. The Balaban J connectivity index is 1.50. The highest BCUT2D eigenvalue weighted by Gasteiger charge is 2.26. The maximum absolute atomic E-state index is 12.1. The molecule has 1 fully saturated rings. The standard InChI is InChI=1S/C21H22N4O2/c1-27-17-6-4-5-15(11-17)13-25-10-8-16(14-25)19-12-20(26)24-21(23-19)18-7-2-3-9-22-18/h2-7,9,11-12,16H,8,10,13-14H2,1H3,(H,23,24,26)/t16-/m1/s1. The highest BCUT2D eigenvalue weighted by molar-refractivity contribution is 5.48. The lowest BCUT2D eigenvalue weighted by atomic mass is 10.0. The molecule has 3 heterocycles. The molecule has 1 aliphatic rings. The maximum Gasteiger partial charge on any atom is 0.251 e. The van der Waals surface area contributed by atoms with E-state index in [-0.39, 0.29) is 11.5 Å². The van der Waals surface area contributed by atoms with Gasteiger partial charge in [0.2, 0.25) is 0 Å². The van der Waals surface area contributed by atoms with Gasteiger partial charge in [-0.1, -0.05) is 18.2 Å². The second-order valence-corrected chi connectivity index (χ2v) is 6.81. The Morgan fingerprint density at radius 2 is 2.15 bits per heavy atom. The molecule has 0 unspecified atom stereocenters. The van der Waals surface area contributed by atoms with Crippen molar-refractivity contribution in [1.29, 1.82) is 0 Å². The van der Waals surface area contributed by atoms with E-state index in [0.29, 0.717) is 11.5 Å². The summed E-state index contributed by atoms with van der Waals surface area (Å²) in [5.41, 5.74) is 2.62. The number of hydrogen-bond donors (Lipinski definition) is 1. The molecule has 4 rings (SSSR count). The zero-order valence-corrected chi connectivity index (χ0v) is 15.3. The Bertz CT molecular complexity index is 971. The maximum atomic E-state index is 12.1. The van der Waals surface area contributed by atoms with Crippen molar-refractivity contribution in [3.63, 3.8) is 0 Å². The largest absolute Gasteiger partial charge is 0.497 e. The molecule has 0 spiro atoms. The lowest BCUT2D eigenvalue weighted by Gasteiger charge is -2.16. The molecule has 6 heteroatoms. The molecule has 1 saturated heterocycles. The van der Waals surface area contributed by atoms with E-state index < -0.39 is 0 Å². The number of benzene rings is 1. The molecule has 138 valence electrons. The van der Waals surface area contributed by atoms with Gasteiger partial charge in [0.1, 0.15) is 11.4 Å². The first-order valence-electron chi connectivity index (χ1n) is 9.09. The van der Waals surface area contributed by atoms with Gasteiger partial charge in [0, 0.05) is 31.3 Å². The van der Waals surface area contributed by atoms with Crippen LogP contribution in [0.25, 0.3) is 11.5 Å². The van der Waals surface area contributed by atoms with Crippen LogP contribution in [0.3, 0.4) is 0 Å². The number of pyridine rings is 1. The fourth-order valence-electron chi connectivity index (χ4n) is 3.56. The van der Waals surface area contributed by atoms with Crippen molar-refractivity contribution < 1.29 is 4.74 Å². The third-order valence-corrected chi connectivity index (χ3v) is 4.90. The summed E-state index contributed by atoms with van der Waals surface area (Å²) in [7, 11) is 1.68. The number of methoxy groups -OCH3 is 1. The Morgan fingerprint density at radius 3 is 2.96 bits per heavy atom. The minimum Gasteiger partial charge on any atom is -0.497 e. The SMILES string of the molecule is COc1cccc(CN2CC[C@@H](c3cc(=O)[nH]c(-c4ccccn4)n3)C2)c1. The van der Waals surface area contributed by atoms with Gasteiger partial charge < -0.3 is 9.72 Å². The fraction of sp³-hybridized carbons (Fsp3) is 0.286. The van der Waals surface area contributed by atoms with Crippen LogP contribution >= 0.6 is 0 Å². The van der Waals surface area contributed by atoms with Crippen LogP contribution in [-0.2, 0) is 6.54 Å². The van der Waals surface area contributed by atoms with E-state index in [1.807, 2.05) is 30.3 Å². The quantitative estimate of drug-likeness (QED) is 0.756. The number of nitrogens with zero attached hydrogens (tertiary/aromatic N) is 3. The third-order valence-electron chi connectivity index (χ3n) is 4.90. The molecule has 0 amide bonds. The van der Waals surface area contributed by atoms with Crippen molar-refractivity contribution >= 4 is 0 Å². The van der Waals surface area contributed by atoms with Gasteiger partial charge in [-0.3, -0.25) is 14.7 Å². The van der Waals surface area contributed by atoms with E-state index in [1.165, 1.54) is 5.56 Å². The summed E-state index contributed by atoms with van der Waals surface area (Å²) in [6.07, 6.45) is 2.69. The molecule has 1 atom stereocenters. The predicted molar refractivity (Wildman–Crippen MR) is 104 cm³/mol. The molecule has 0 saturated carbocycles. The van der Waals surface area contributed by atoms with Crippen molar-refractivity contribution in [2.75, 3.05) is 20.2 Å². The van der Waals surface area contributed by atoms with E-state index in [9.17, 15) is 4.79 Å². The van der Waals surface area contributed by atoms with Crippen LogP contribution in [0.1, 0.15) is 23.6 Å². The monoisotopic (exact) mass is 362 g/mol. The number of nitrogens with one attached hydrogen (secondary N) is 1. The molecule has 1 N–H and O–H groups in total. The van der Waals surface area contributed by atoms with Crippen LogP contribution in [0.4, 0.5) is 0 Å². The highest BCUT2D eigenvalue weighted by atomic mass is 16.5. The number of hydrogen-bond acceptors (Lipinski definition) is 5. The zero-order chi connectivity index (χ0) is 18.6. The molecule has 0 aliphatic carbocycles.